The Morgan fingerprint density at radius 2 is 1.19 bits per heavy atom. The summed E-state index contributed by atoms with van der Waals surface area (Å²) in [6.07, 6.45) is 9.45. The Bertz CT molecular complexity index is 2150. The molecule has 0 aromatic heterocycles. The molecule has 6 aliphatic carbocycles. The molecule has 2 aromatic rings. The van der Waals surface area contributed by atoms with Crippen LogP contribution in [0.15, 0.2) is 46.6 Å². The largest absolute Gasteiger partial charge is 1.00 e. The summed E-state index contributed by atoms with van der Waals surface area (Å²) in [5, 5.41) is 22.7. The number of carbonyl (C=O) groups is 3. The molecule has 6 saturated carbocycles. The molecule has 2 unspecified atom stereocenters. The average molecular weight is 1210 g/mol. The Balaban J connectivity index is 0.000000281. The molecule has 0 radical (unpaired) electrons. The predicted molar refractivity (Wildman–Crippen MR) is 223 cm³/mol. The van der Waals surface area contributed by atoms with Crippen LogP contribution in [-0.4, -0.2) is 133 Å². The van der Waals surface area contributed by atoms with Gasteiger partial charge < -0.3 is 26.4 Å². The number of morpholine rings is 2. The zero-order valence-corrected chi connectivity index (χ0v) is 51.3. The number of benzene rings is 2. The van der Waals surface area contributed by atoms with E-state index in [9.17, 15) is 40.0 Å². The van der Waals surface area contributed by atoms with Crippen molar-refractivity contribution >= 4 is 40.8 Å². The van der Waals surface area contributed by atoms with Gasteiger partial charge in [-0.2, -0.15) is 18.6 Å². The fraction of sp³-hybridized carbons (Fsp3) is 0.605. The topological polar surface area (TPSA) is 192 Å². The van der Waals surface area contributed by atoms with Crippen LogP contribution in [0.5, 0.6) is 0 Å². The number of carbonyl (C=O) groups excluding carboxylic acids is 3. The number of halogens is 5. The SMILES string of the molecule is C1COCCN1.CS(=O)(=O)OCC12CC(C(=O)N3N=CCC3c3cc(F)cc(F)c3)(C1)C2.O=C(N1N=CCC1c1cc(F)cc(F)c1)C12CC(CN3CCOCC3)(C1)C2.O=CO[O-].[2H]CF.[Cs+].[Cs+].[H-]. The van der Waals surface area contributed by atoms with Gasteiger partial charge in [-0.15, -0.1) is 0 Å². The van der Waals surface area contributed by atoms with E-state index in [2.05, 4.69) is 25.3 Å². The van der Waals surface area contributed by atoms with E-state index < -0.39 is 58.0 Å². The molecule has 4 aliphatic heterocycles. The molecule has 0 spiro atoms. The number of amides is 2. The summed E-state index contributed by atoms with van der Waals surface area (Å²) in [6, 6.07) is 5.73. The first-order valence-electron chi connectivity index (χ1n) is 21.8. The molecule has 2 atom stereocenters. The third-order valence-electron chi connectivity index (χ3n) is 12.9. The van der Waals surface area contributed by atoms with E-state index in [4.69, 9.17) is 25.1 Å². The van der Waals surface area contributed by atoms with Gasteiger partial charge in [0.2, 0.25) is 11.8 Å². The van der Waals surface area contributed by atoms with Gasteiger partial charge in [0.25, 0.3) is 16.6 Å². The van der Waals surface area contributed by atoms with E-state index in [0.29, 0.717) is 43.2 Å². The van der Waals surface area contributed by atoms with Gasteiger partial charge in [0.05, 0.1) is 70.7 Å². The number of nitrogens with one attached hydrogen (secondary N) is 1. The van der Waals surface area contributed by atoms with Gasteiger partial charge in [0.15, 0.2) is 0 Å². The van der Waals surface area contributed by atoms with E-state index >= 15 is 0 Å². The molecule has 1 N–H and O–H groups in total. The van der Waals surface area contributed by atoms with Crippen LogP contribution in [0.2, 0.25) is 0 Å². The second-order valence-corrected chi connectivity index (χ2v) is 19.5. The first kappa shape index (κ1) is 57.6. The van der Waals surface area contributed by atoms with Crippen molar-refractivity contribution in [3.63, 3.8) is 0 Å². The summed E-state index contributed by atoms with van der Waals surface area (Å²) in [4.78, 5) is 39.8. The molecular formula is C43H55Cs2F5N6O10S. The van der Waals surface area contributed by atoms with Crippen LogP contribution in [-0.2, 0) is 43.0 Å². The maximum Gasteiger partial charge on any atom is 1.00 e. The predicted octanol–water partition coefficient (Wildman–Crippen LogP) is -2.16. The van der Waals surface area contributed by atoms with Crippen molar-refractivity contribution in [2.24, 2.45) is 31.9 Å². The summed E-state index contributed by atoms with van der Waals surface area (Å²) >= 11 is 0. The molecule has 16 nitrogen and oxygen atoms in total. The quantitative estimate of drug-likeness (QED) is 0.0894. The minimum Gasteiger partial charge on any atom is -1.00 e. The molecule has 12 rings (SSSR count). The number of alkyl halides is 1. The van der Waals surface area contributed by atoms with Crippen molar-refractivity contribution in [1.29, 1.82) is 0 Å². The van der Waals surface area contributed by atoms with Crippen LogP contribution in [0.3, 0.4) is 0 Å². The van der Waals surface area contributed by atoms with Crippen LogP contribution in [0.25, 0.3) is 0 Å². The molecule has 10 aliphatic rings. The smallest absolute Gasteiger partial charge is 1.00 e. The number of hydrazone groups is 2. The number of hydrogen-bond acceptors (Lipinski definition) is 14. The summed E-state index contributed by atoms with van der Waals surface area (Å²) in [5.41, 5.74) is -0.0485. The minimum atomic E-state index is -3.51. The molecule has 4 bridgehead atoms. The molecule has 8 fully saturated rings. The fourth-order valence-corrected chi connectivity index (χ4v) is 11.0. The molecule has 2 saturated heterocycles. The summed E-state index contributed by atoms with van der Waals surface area (Å²) in [5.74, 6) is -2.81. The third-order valence-corrected chi connectivity index (χ3v) is 13.5. The summed E-state index contributed by atoms with van der Waals surface area (Å²) < 4.78 is 107. The van der Waals surface area contributed by atoms with Gasteiger partial charge in [-0.25, -0.2) is 27.6 Å². The van der Waals surface area contributed by atoms with Gasteiger partial charge in [0.1, 0.15) is 23.3 Å². The first-order chi connectivity index (χ1) is 31.4. The molecule has 67 heavy (non-hydrogen) atoms. The maximum atomic E-state index is 13.6. The third kappa shape index (κ3) is 14.7. The normalized spacial score (nSPS) is 29.4. The van der Waals surface area contributed by atoms with Crippen molar-refractivity contribution in [3.8, 4) is 0 Å². The molecule has 2 aromatic carbocycles. The Labute approximate surface area is 507 Å². The Morgan fingerprint density at radius 1 is 0.806 bits per heavy atom. The molecule has 2 amide bonds. The van der Waals surface area contributed by atoms with Crippen molar-refractivity contribution in [1.82, 2.24) is 20.2 Å². The van der Waals surface area contributed by atoms with Crippen molar-refractivity contribution in [3.05, 3.63) is 70.8 Å². The van der Waals surface area contributed by atoms with Gasteiger partial charge in [-0.05, 0) is 84.7 Å². The standard InChI is InChI=1S/C20H23F2N3O2.C17H18F2N2O4S.C4H9NO.CH3F.CH2O3.2Cs.H/c21-15-7-14(8-16(22)9-15)17-1-2-23-25(17)18(26)20-10-19(11-20,12-20)13-24-3-5-27-6-4-24;1-26(23,24)25-10-16-7-17(8-16,9-16)15(22)21-14(2-3-20-21)11-4-12(18)6-13(19)5-11;1-3-6-4-2-5-1;1-2;2-1-4-3;;;/h2,7-9,17H,1,3-6,10-13H2;3-6,14H,2,7-10H2,1H3;5H,1-4H2;1H3;1,3H;;;/q;;;;;2*+1;-1/p-1/i;;;1D;;;;. The van der Waals surface area contributed by atoms with Crippen LogP contribution < -0.4 is 148 Å². The second kappa shape index (κ2) is 26.0. The molecular weight excluding hydrogens is 1150 g/mol. The van der Waals surface area contributed by atoms with Crippen molar-refractivity contribution in [2.45, 2.75) is 63.5 Å². The van der Waals surface area contributed by atoms with E-state index in [-0.39, 0.29) is 180 Å². The number of nitrogens with zero attached hydrogens (tertiary/aromatic N) is 5. The van der Waals surface area contributed by atoms with E-state index in [1.54, 1.807) is 12.4 Å². The van der Waals surface area contributed by atoms with Crippen molar-refractivity contribution < 1.29 is 209 Å². The van der Waals surface area contributed by atoms with Crippen LogP contribution >= 0.6 is 0 Å². The van der Waals surface area contributed by atoms with Gasteiger partial charge in [-0.1, -0.05) is 0 Å². The van der Waals surface area contributed by atoms with Crippen LogP contribution in [0, 0.1) is 44.9 Å². The minimum absolute atomic E-state index is 0. The Kier molecular flexibility index (Phi) is 22.4. The van der Waals surface area contributed by atoms with Gasteiger partial charge >= 0.3 is 138 Å². The van der Waals surface area contributed by atoms with Gasteiger partial charge in [0, 0.05) is 70.1 Å². The summed E-state index contributed by atoms with van der Waals surface area (Å²) in [6.45, 7) is 8.28. The van der Waals surface area contributed by atoms with Crippen LogP contribution in [0.1, 0.15) is 77.4 Å². The number of hydrogen-bond donors (Lipinski definition) is 1. The molecule has 360 valence electrons. The average Bonchev–Trinajstić information content (AvgIpc) is 3.93. The molecule has 24 heteroatoms. The number of ether oxygens (including phenoxy) is 2. The zero-order valence-electron chi connectivity index (χ0n) is 39.9. The Morgan fingerprint density at radius 3 is 1.54 bits per heavy atom. The fourth-order valence-electron chi connectivity index (χ4n) is 10.5. The summed E-state index contributed by atoms with van der Waals surface area (Å²) in [7, 11) is -4.51. The number of rotatable bonds is 10. The Hall–Kier alpha value is -0.346. The second-order valence-electron chi connectivity index (χ2n) is 17.8. The van der Waals surface area contributed by atoms with E-state index in [1.165, 1.54) is 34.3 Å². The molecule has 4 heterocycles. The zero-order chi connectivity index (χ0) is 47.8. The monoisotopic (exact) mass is 1210 g/mol. The van der Waals surface area contributed by atoms with Crippen LogP contribution in [0.4, 0.5) is 22.0 Å². The van der Waals surface area contributed by atoms with Gasteiger partial charge in [-0.3, -0.25) is 27.9 Å². The van der Waals surface area contributed by atoms with Crippen molar-refractivity contribution in [2.75, 3.05) is 79.2 Å². The van der Waals surface area contributed by atoms with E-state index in [1.807, 2.05) is 0 Å². The van der Waals surface area contributed by atoms with E-state index in [0.717, 1.165) is 96.8 Å². The maximum absolute atomic E-state index is 13.6. The first-order valence-corrected chi connectivity index (χ1v) is 22.9.